The van der Waals surface area contributed by atoms with Gasteiger partial charge >= 0.3 is 0 Å². The van der Waals surface area contributed by atoms with Crippen LogP contribution in [0.1, 0.15) is 18.9 Å². The number of benzene rings is 2. The van der Waals surface area contributed by atoms with Crippen molar-refractivity contribution in [1.82, 2.24) is 4.90 Å². The van der Waals surface area contributed by atoms with Gasteiger partial charge in [-0.1, -0.05) is 49.0 Å². The van der Waals surface area contributed by atoms with Gasteiger partial charge in [-0.3, -0.25) is 14.5 Å². The molecule has 172 valence electrons. The van der Waals surface area contributed by atoms with E-state index in [0.29, 0.717) is 43.6 Å². The Morgan fingerprint density at radius 1 is 1.15 bits per heavy atom. The van der Waals surface area contributed by atoms with E-state index in [-0.39, 0.29) is 17.1 Å². The van der Waals surface area contributed by atoms with Crippen LogP contribution < -0.4 is 9.64 Å². The van der Waals surface area contributed by atoms with Crippen molar-refractivity contribution in [2.75, 3.05) is 38.3 Å². The summed E-state index contributed by atoms with van der Waals surface area (Å²) in [6.45, 7) is 4.27. The minimum absolute atomic E-state index is 0.0570. The molecule has 2 aromatic rings. The minimum atomic E-state index is -0.332. The first-order valence-electron chi connectivity index (χ1n) is 11.0. The van der Waals surface area contributed by atoms with Crippen LogP contribution in [0.2, 0.25) is 0 Å². The highest BCUT2D eigenvalue weighted by Crippen LogP contribution is 2.32. The highest BCUT2D eigenvalue weighted by atomic mass is 32.2. The molecule has 0 aliphatic carbocycles. The molecule has 1 unspecified atom stereocenters. The van der Waals surface area contributed by atoms with E-state index < -0.39 is 0 Å². The van der Waals surface area contributed by atoms with E-state index in [1.54, 1.807) is 18.1 Å². The molecule has 2 heterocycles. The Morgan fingerprint density at radius 3 is 2.48 bits per heavy atom. The Labute approximate surface area is 198 Å². The molecule has 7 nitrogen and oxygen atoms in total. The molecule has 2 aliphatic rings. The predicted octanol–water partition coefficient (Wildman–Crippen LogP) is 3.81. The van der Waals surface area contributed by atoms with Gasteiger partial charge < -0.3 is 14.4 Å². The summed E-state index contributed by atoms with van der Waals surface area (Å²) in [7, 11) is 1.61. The number of para-hydroxylation sites is 1. The molecule has 2 aromatic carbocycles. The largest absolute Gasteiger partial charge is 0.497 e. The summed E-state index contributed by atoms with van der Waals surface area (Å²) in [5, 5.41) is 0.181. The van der Waals surface area contributed by atoms with Gasteiger partial charge in [-0.05, 0) is 42.3 Å². The van der Waals surface area contributed by atoms with Gasteiger partial charge in [0.2, 0.25) is 5.91 Å². The smallest absolute Gasteiger partial charge is 0.283 e. The van der Waals surface area contributed by atoms with Crippen molar-refractivity contribution in [2.24, 2.45) is 4.99 Å². The maximum atomic E-state index is 13.4. The summed E-state index contributed by atoms with van der Waals surface area (Å²) in [6, 6.07) is 16.8. The van der Waals surface area contributed by atoms with Gasteiger partial charge in [0.15, 0.2) is 5.17 Å². The van der Waals surface area contributed by atoms with Gasteiger partial charge in [0.25, 0.3) is 5.91 Å². The second-order valence-corrected chi connectivity index (χ2v) is 8.80. The lowest BCUT2D eigenvalue weighted by Crippen LogP contribution is -2.45. The molecular formula is C25H27N3O4S. The van der Waals surface area contributed by atoms with Crippen LogP contribution in [0.5, 0.6) is 5.75 Å². The molecule has 33 heavy (non-hydrogen) atoms. The van der Waals surface area contributed by atoms with Gasteiger partial charge in [-0.15, -0.1) is 0 Å². The average molecular weight is 466 g/mol. The Hall–Kier alpha value is -3.10. The number of hydrogen-bond acceptors (Lipinski definition) is 6. The molecule has 2 amide bonds. The number of amidine groups is 1. The number of rotatable bonds is 6. The van der Waals surface area contributed by atoms with Crippen LogP contribution in [-0.4, -0.2) is 60.5 Å². The van der Waals surface area contributed by atoms with E-state index in [0.717, 1.165) is 17.0 Å². The van der Waals surface area contributed by atoms with Gasteiger partial charge in [0, 0.05) is 13.1 Å². The molecule has 0 spiro atoms. The van der Waals surface area contributed by atoms with E-state index in [9.17, 15) is 9.59 Å². The summed E-state index contributed by atoms with van der Waals surface area (Å²) in [5.74, 6) is 0.586. The molecule has 1 atom stereocenters. The first-order valence-corrected chi connectivity index (χ1v) is 11.9. The van der Waals surface area contributed by atoms with Gasteiger partial charge in [0.1, 0.15) is 11.4 Å². The number of carbonyl (C=O) groups excluding carboxylic acids is 2. The molecule has 0 radical (unpaired) electrons. The minimum Gasteiger partial charge on any atom is -0.497 e. The van der Waals surface area contributed by atoms with E-state index in [1.165, 1.54) is 11.8 Å². The lowest BCUT2D eigenvalue weighted by molar-refractivity contribution is -0.134. The summed E-state index contributed by atoms with van der Waals surface area (Å²) >= 11 is 1.34. The molecule has 8 heteroatoms. The molecule has 1 saturated heterocycles. The molecule has 1 fully saturated rings. The molecule has 4 rings (SSSR count). The van der Waals surface area contributed by atoms with Gasteiger partial charge in [-0.25, -0.2) is 4.99 Å². The fourth-order valence-electron chi connectivity index (χ4n) is 3.66. The third-order valence-electron chi connectivity index (χ3n) is 5.48. The zero-order valence-corrected chi connectivity index (χ0v) is 19.6. The zero-order valence-electron chi connectivity index (χ0n) is 18.8. The molecule has 2 aliphatic heterocycles. The van der Waals surface area contributed by atoms with Crippen LogP contribution in [0.3, 0.4) is 0 Å². The Kier molecular flexibility index (Phi) is 7.47. The van der Waals surface area contributed by atoms with Crippen molar-refractivity contribution in [3.8, 4) is 5.75 Å². The monoisotopic (exact) mass is 465 g/mol. The Morgan fingerprint density at radius 2 is 1.85 bits per heavy atom. The second kappa shape index (κ2) is 10.7. The predicted molar refractivity (Wildman–Crippen MR) is 131 cm³/mol. The lowest BCUT2D eigenvalue weighted by atomic mass is 10.2. The SMILES string of the molecule is CCC(SC1=NC(=Cc2ccc(OC)cc2)C(=O)N1c1ccccc1)C(=O)N1CCOCC1. The van der Waals surface area contributed by atoms with E-state index in [1.807, 2.05) is 66.4 Å². The number of thioether (sulfide) groups is 1. The quantitative estimate of drug-likeness (QED) is 0.607. The first kappa shape index (κ1) is 23.1. The summed E-state index contributed by atoms with van der Waals surface area (Å²) in [6.07, 6.45) is 2.39. The van der Waals surface area contributed by atoms with Gasteiger partial charge in [0.05, 0.1) is 31.3 Å². The maximum absolute atomic E-state index is 13.4. The number of amides is 2. The highest BCUT2D eigenvalue weighted by Gasteiger charge is 2.36. The molecule has 0 aromatic heterocycles. The molecule has 0 N–H and O–H groups in total. The van der Waals surface area contributed by atoms with Crippen molar-refractivity contribution in [3.63, 3.8) is 0 Å². The van der Waals surface area contributed by atoms with Crippen LogP contribution in [-0.2, 0) is 14.3 Å². The highest BCUT2D eigenvalue weighted by molar-refractivity contribution is 8.15. The van der Waals surface area contributed by atoms with Crippen LogP contribution >= 0.6 is 11.8 Å². The van der Waals surface area contributed by atoms with Crippen molar-refractivity contribution in [3.05, 3.63) is 65.9 Å². The summed E-state index contributed by atoms with van der Waals surface area (Å²) in [5.41, 5.74) is 1.90. The first-order chi connectivity index (χ1) is 16.1. The average Bonchev–Trinajstić information content (AvgIpc) is 3.17. The van der Waals surface area contributed by atoms with Crippen molar-refractivity contribution < 1.29 is 19.1 Å². The molecular weight excluding hydrogens is 438 g/mol. The summed E-state index contributed by atoms with van der Waals surface area (Å²) < 4.78 is 10.6. The number of hydrogen-bond donors (Lipinski definition) is 0. The Bertz CT molecular complexity index is 1050. The third kappa shape index (κ3) is 5.29. The maximum Gasteiger partial charge on any atom is 0.283 e. The normalized spacial score (nSPS) is 18.4. The van der Waals surface area contributed by atoms with E-state index >= 15 is 0 Å². The van der Waals surface area contributed by atoms with Crippen LogP contribution in [0, 0.1) is 0 Å². The topological polar surface area (TPSA) is 71.4 Å². The second-order valence-electron chi connectivity index (χ2n) is 7.63. The van der Waals surface area contributed by atoms with Gasteiger partial charge in [-0.2, -0.15) is 0 Å². The van der Waals surface area contributed by atoms with Crippen molar-refractivity contribution >= 4 is 40.5 Å². The van der Waals surface area contributed by atoms with Crippen LogP contribution in [0.25, 0.3) is 6.08 Å². The number of ether oxygens (including phenoxy) is 2. The molecule has 0 saturated carbocycles. The number of anilines is 1. The van der Waals surface area contributed by atoms with Crippen LogP contribution in [0.15, 0.2) is 65.3 Å². The van der Waals surface area contributed by atoms with Crippen molar-refractivity contribution in [2.45, 2.75) is 18.6 Å². The van der Waals surface area contributed by atoms with Crippen molar-refractivity contribution in [1.29, 1.82) is 0 Å². The molecule has 0 bridgehead atoms. The standard InChI is InChI=1S/C25H27N3O4S/c1-3-22(24(30)27-13-15-32-16-14-27)33-25-26-21(17-18-9-11-20(31-2)12-10-18)23(29)28(25)19-7-5-4-6-8-19/h4-12,17,22H,3,13-16H2,1-2H3. The number of aliphatic imine (C=N–C) groups is 1. The third-order valence-corrected chi connectivity index (χ3v) is 6.78. The Balaban J connectivity index is 1.63. The van der Waals surface area contributed by atoms with Crippen LogP contribution in [0.4, 0.5) is 5.69 Å². The summed E-state index contributed by atoms with van der Waals surface area (Å²) in [4.78, 5) is 34.6. The fourth-order valence-corrected chi connectivity index (χ4v) is 4.78. The number of methoxy groups -OCH3 is 1. The number of nitrogens with zero attached hydrogens (tertiary/aromatic N) is 3. The fraction of sp³-hybridized carbons (Fsp3) is 0.320. The van der Waals surface area contributed by atoms with E-state index in [2.05, 4.69) is 4.99 Å². The number of carbonyl (C=O) groups is 2. The number of morpholine rings is 1. The lowest BCUT2D eigenvalue weighted by Gasteiger charge is -2.30. The van der Waals surface area contributed by atoms with E-state index in [4.69, 9.17) is 9.47 Å². The zero-order chi connectivity index (χ0) is 23.2.